The van der Waals surface area contributed by atoms with Gasteiger partial charge in [-0.1, -0.05) is 30.3 Å². The summed E-state index contributed by atoms with van der Waals surface area (Å²) < 4.78 is 5.86. The van der Waals surface area contributed by atoms with E-state index in [-0.39, 0.29) is 0 Å². The number of hydrogen-bond donors (Lipinski definition) is 1. The fourth-order valence-corrected chi connectivity index (χ4v) is 3.04. The van der Waals surface area contributed by atoms with Gasteiger partial charge in [-0.15, -0.1) is 0 Å². The van der Waals surface area contributed by atoms with Gasteiger partial charge in [0.2, 0.25) is 0 Å². The molecule has 1 heterocycles. The Morgan fingerprint density at radius 2 is 1.57 bits per heavy atom. The van der Waals surface area contributed by atoms with Crippen LogP contribution < -0.4 is 15.0 Å². The Morgan fingerprint density at radius 1 is 0.833 bits per heavy atom. The Morgan fingerprint density at radius 3 is 2.27 bits per heavy atom. The summed E-state index contributed by atoms with van der Waals surface area (Å²) in [6.07, 6.45) is 1.58. The van der Waals surface area contributed by atoms with Crippen molar-refractivity contribution in [3.8, 4) is 17.0 Å². The summed E-state index contributed by atoms with van der Waals surface area (Å²) >= 11 is 0. The lowest BCUT2D eigenvalue weighted by atomic mass is 10.1. The average Bonchev–Trinajstić information content (AvgIpc) is 2.79. The number of hydrogen-bond acceptors (Lipinski definition) is 5. The van der Waals surface area contributed by atoms with Crippen molar-refractivity contribution in [3.05, 3.63) is 96.8 Å². The maximum Gasteiger partial charge on any atom is 0.134 e. The van der Waals surface area contributed by atoms with E-state index in [0.29, 0.717) is 6.61 Å². The minimum atomic E-state index is 0.550. The van der Waals surface area contributed by atoms with E-state index in [1.165, 1.54) is 0 Å². The lowest BCUT2D eigenvalue weighted by Gasteiger charge is -2.13. The molecule has 5 heteroatoms. The van der Waals surface area contributed by atoms with E-state index in [9.17, 15) is 0 Å². The van der Waals surface area contributed by atoms with Crippen LogP contribution in [-0.4, -0.2) is 24.1 Å². The molecule has 0 saturated heterocycles. The largest absolute Gasteiger partial charge is 0.489 e. The van der Waals surface area contributed by atoms with Crippen molar-refractivity contribution in [2.24, 2.45) is 0 Å². The molecule has 0 aliphatic rings. The smallest absolute Gasteiger partial charge is 0.134 e. The second-order valence-electron chi connectivity index (χ2n) is 7.15. The average molecular weight is 396 g/mol. The molecule has 0 radical (unpaired) electrons. The molecular formula is C25H24N4O. The second kappa shape index (κ2) is 9.09. The van der Waals surface area contributed by atoms with Crippen LogP contribution in [0.5, 0.6) is 5.75 Å². The van der Waals surface area contributed by atoms with E-state index in [1.54, 1.807) is 6.33 Å². The maximum atomic E-state index is 5.86. The van der Waals surface area contributed by atoms with E-state index in [4.69, 9.17) is 4.74 Å². The van der Waals surface area contributed by atoms with Crippen LogP contribution in [0.25, 0.3) is 11.3 Å². The third-order valence-electron chi connectivity index (χ3n) is 4.72. The van der Waals surface area contributed by atoms with Gasteiger partial charge in [-0.3, -0.25) is 0 Å². The summed E-state index contributed by atoms with van der Waals surface area (Å²) in [4.78, 5) is 10.8. The number of aromatic nitrogens is 2. The molecule has 0 aliphatic carbocycles. The van der Waals surface area contributed by atoms with Crippen LogP contribution in [0, 0.1) is 0 Å². The van der Waals surface area contributed by atoms with Gasteiger partial charge in [-0.2, -0.15) is 0 Å². The monoisotopic (exact) mass is 396 g/mol. The molecular weight excluding hydrogens is 372 g/mol. The third kappa shape index (κ3) is 4.94. The molecule has 0 bridgehead atoms. The highest BCUT2D eigenvalue weighted by Crippen LogP contribution is 2.24. The third-order valence-corrected chi connectivity index (χ3v) is 4.72. The summed E-state index contributed by atoms with van der Waals surface area (Å²) in [6, 6.07) is 28.2. The highest BCUT2D eigenvalue weighted by Gasteiger charge is 2.04. The van der Waals surface area contributed by atoms with E-state index >= 15 is 0 Å². The zero-order valence-electron chi connectivity index (χ0n) is 17.1. The number of nitrogens with zero attached hydrogens (tertiary/aromatic N) is 3. The van der Waals surface area contributed by atoms with Gasteiger partial charge in [-0.05, 0) is 54.1 Å². The zero-order chi connectivity index (χ0) is 20.8. The predicted octanol–water partition coefficient (Wildman–Crippen LogP) is 5.53. The lowest BCUT2D eigenvalue weighted by molar-refractivity contribution is 0.306. The molecule has 30 heavy (non-hydrogen) atoms. The maximum absolute atomic E-state index is 5.86. The quantitative estimate of drug-likeness (QED) is 0.445. The summed E-state index contributed by atoms with van der Waals surface area (Å²) in [6.45, 7) is 0.550. The molecule has 4 rings (SSSR count). The van der Waals surface area contributed by atoms with Crippen LogP contribution >= 0.6 is 0 Å². The molecule has 0 spiro atoms. The topological polar surface area (TPSA) is 50.3 Å². The summed E-state index contributed by atoms with van der Waals surface area (Å²) in [7, 11) is 4.05. The van der Waals surface area contributed by atoms with Crippen molar-refractivity contribution in [1.82, 2.24) is 9.97 Å². The first-order valence-electron chi connectivity index (χ1n) is 9.81. The van der Waals surface area contributed by atoms with Gasteiger partial charge in [0.1, 0.15) is 24.5 Å². The minimum Gasteiger partial charge on any atom is -0.489 e. The van der Waals surface area contributed by atoms with E-state index in [2.05, 4.69) is 44.5 Å². The highest BCUT2D eigenvalue weighted by atomic mass is 16.5. The fraction of sp³-hybridized carbons (Fsp3) is 0.120. The first kappa shape index (κ1) is 19.5. The van der Waals surface area contributed by atoms with Gasteiger partial charge in [0.15, 0.2) is 0 Å². The Balaban J connectivity index is 1.42. The standard InChI is InChI=1S/C25H24N4O/c1-29(2)22-12-10-21(11-13-22)28-25-16-24(26-18-27-25)20-8-14-23(15-9-20)30-17-19-6-4-3-5-7-19/h3-16,18H,17H2,1-2H3,(H,26,27,28). The van der Waals surface area contributed by atoms with E-state index < -0.39 is 0 Å². The van der Waals surface area contributed by atoms with Crippen LogP contribution in [0.3, 0.4) is 0 Å². The molecule has 0 fully saturated rings. The minimum absolute atomic E-state index is 0.550. The number of rotatable bonds is 7. The van der Waals surface area contributed by atoms with Crippen molar-refractivity contribution in [2.75, 3.05) is 24.3 Å². The molecule has 0 atom stereocenters. The van der Waals surface area contributed by atoms with Gasteiger partial charge in [0, 0.05) is 37.1 Å². The molecule has 1 aromatic heterocycles. The summed E-state index contributed by atoms with van der Waals surface area (Å²) in [5.41, 5.74) is 5.14. The molecule has 150 valence electrons. The number of anilines is 3. The Hall–Kier alpha value is -3.86. The SMILES string of the molecule is CN(C)c1ccc(Nc2cc(-c3ccc(OCc4ccccc4)cc3)ncn2)cc1. The summed E-state index contributed by atoms with van der Waals surface area (Å²) in [5, 5.41) is 3.34. The Bertz CT molecular complexity index is 1080. The van der Waals surface area contributed by atoms with Gasteiger partial charge < -0.3 is 15.0 Å². The predicted molar refractivity (Wildman–Crippen MR) is 122 cm³/mol. The van der Waals surface area contributed by atoms with Gasteiger partial charge in [0.05, 0.1) is 5.69 Å². The normalized spacial score (nSPS) is 10.5. The summed E-state index contributed by atoms with van der Waals surface area (Å²) in [5.74, 6) is 1.58. The van der Waals surface area contributed by atoms with Crippen molar-refractivity contribution in [3.63, 3.8) is 0 Å². The molecule has 0 saturated carbocycles. The fourth-order valence-electron chi connectivity index (χ4n) is 3.04. The van der Waals surface area contributed by atoms with Gasteiger partial charge >= 0.3 is 0 Å². The van der Waals surface area contributed by atoms with Crippen molar-refractivity contribution >= 4 is 17.2 Å². The molecule has 0 aliphatic heterocycles. The molecule has 0 unspecified atom stereocenters. The van der Waals surface area contributed by atoms with Gasteiger partial charge in [0.25, 0.3) is 0 Å². The lowest BCUT2D eigenvalue weighted by Crippen LogP contribution is -2.08. The van der Waals surface area contributed by atoms with Crippen molar-refractivity contribution in [2.45, 2.75) is 6.61 Å². The van der Waals surface area contributed by atoms with Crippen LogP contribution in [0.2, 0.25) is 0 Å². The van der Waals surface area contributed by atoms with E-state index in [0.717, 1.165) is 39.8 Å². The molecule has 3 aromatic carbocycles. The number of benzene rings is 3. The molecule has 1 N–H and O–H groups in total. The Kier molecular flexibility index (Phi) is 5.90. The zero-order valence-corrected chi connectivity index (χ0v) is 17.1. The number of ether oxygens (including phenoxy) is 1. The van der Waals surface area contributed by atoms with Gasteiger partial charge in [-0.25, -0.2) is 9.97 Å². The Labute approximate surface area is 177 Å². The van der Waals surface area contributed by atoms with Crippen LogP contribution in [0.4, 0.5) is 17.2 Å². The van der Waals surface area contributed by atoms with Crippen molar-refractivity contribution < 1.29 is 4.74 Å². The molecule has 4 aromatic rings. The van der Waals surface area contributed by atoms with Crippen LogP contribution in [-0.2, 0) is 6.61 Å². The van der Waals surface area contributed by atoms with E-state index in [1.807, 2.05) is 74.8 Å². The second-order valence-corrected chi connectivity index (χ2v) is 7.15. The highest BCUT2D eigenvalue weighted by molar-refractivity contribution is 5.66. The first-order chi connectivity index (χ1) is 14.7. The van der Waals surface area contributed by atoms with Crippen LogP contribution in [0.1, 0.15) is 5.56 Å². The van der Waals surface area contributed by atoms with Crippen LogP contribution in [0.15, 0.2) is 91.3 Å². The number of nitrogens with one attached hydrogen (secondary N) is 1. The first-order valence-corrected chi connectivity index (χ1v) is 9.81. The molecule has 5 nitrogen and oxygen atoms in total. The molecule has 0 amide bonds. The van der Waals surface area contributed by atoms with Crippen molar-refractivity contribution in [1.29, 1.82) is 0 Å².